The normalized spacial score (nSPS) is 13.7. The molecule has 3 aromatic heterocycles. The molecule has 0 radical (unpaired) electrons. The molecule has 9 heteroatoms. The summed E-state index contributed by atoms with van der Waals surface area (Å²) < 4.78 is 15.2. The predicted molar refractivity (Wildman–Crippen MR) is 594 cm³/mol. The summed E-state index contributed by atoms with van der Waals surface area (Å²) in [6.07, 6.45) is 0. The molecule has 0 amide bonds. The van der Waals surface area contributed by atoms with E-state index in [9.17, 15) is 0 Å². The molecule has 0 fully saturated rings. The SMILES string of the molecule is c1ccc(-c2cccc3oc4ccccc4c23)c(Nc2ccc3c(c2)C2(c4ccccc4S3)c3ccccc3-c3ccccc32)c1.c1ccc2c(c1)Sc1ccc(Nc3ccc(-c4cccc5oc6ccccc6c45)c4ccccc34)cc1C21c2ccccc2-c2ccccc21.c1ccc2c(c1)Sc1ccc(Nc3ccc(-c4cccc5sc6ccccc6c45)cc3)cc1C21c2ccccc2-c2ccccc21. The first-order valence-corrected chi connectivity index (χ1v) is 51.7. The van der Waals surface area contributed by atoms with Crippen LogP contribution < -0.4 is 16.0 Å². The van der Waals surface area contributed by atoms with E-state index in [0.717, 1.165) is 89.1 Å². The van der Waals surface area contributed by atoms with Crippen LogP contribution in [0.4, 0.5) is 34.1 Å². The van der Waals surface area contributed by atoms with Crippen molar-refractivity contribution >= 4 is 156 Å². The third-order valence-corrected chi connectivity index (χ3v) is 34.8. The fraction of sp³-hybridized carbons (Fsp3) is 0.0226. The van der Waals surface area contributed by atoms with Crippen molar-refractivity contribution in [1.82, 2.24) is 0 Å². The van der Waals surface area contributed by atoms with Gasteiger partial charge in [0.1, 0.15) is 22.3 Å². The van der Waals surface area contributed by atoms with E-state index in [1.807, 2.05) is 70.9 Å². The first kappa shape index (κ1) is 82.4. The highest BCUT2D eigenvalue weighted by Crippen LogP contribution is 2.67. The third-order valence-electron chi connectivity index (χ3n) is 30.2. The molecule has 0 saturated carbocycles. The van der Waals surface area contributed by atoms with Crippen LogP contribution >= 0.6 is 46.6 Å². The summed E-state index contributed by atoms with van der Waals surface area (Å²) in [5, 5.41) is 21.1. The van der Waals surface area contributed by atoms with Crippen molar-refractivity contribution < 1.29 is 8.83 Å². The molecule has 22 aromatic carbocycles. The van der Waals surface area contributed by atoms with E-state index in [-0.39, 0.29) is 5.41 Å². The quantitative estimate of drug-likeness (QED) is 0.132. The van der Waals surface area contributed by atoms with Crippen LogP contribution in [0.25, 0.3) is 142 Å². The van der Waals surface area contributed by atoms with Crippen molar-refractivity contribution in [2.45, 2.75) is 45.6 Å². The molecule has 25 aromatic rings. The van der Waals surface area contributed by atoms with Gasteiger partial charge in [0, 0.05) is 116 Å². The fourth-order valence-electron chi connectivity index (χ4n) is 24.5. The Balaban J connectivity index is 0.000000102. The van der Waals surface area contributed by atoms with Gasteiger partial charge in [0.05, 0.1) is 16.2 Å². The average Bonchev–Trinajstić information content (AvgIpc) is 1.54. The van der Waals surface area contributed by atoms with Crippen molar-refractivity contribution in [3.8, 4) is 66.8 Å². The van der Waals surface area contributed by atoms with Crippen LogP contribution in [-0.2, 0) is 16.2 Å². The highest BCUT2D eigenvalue weighted by molar-refractivity contribution is 8.00. The first-order valence-electron chi connectivity index (χ1n) is 48.5. The van der Waals surface area contributed by atoms with Gasteiger partial charge in [-0.1, -0.05) is 387 Å². The second kappa shape index (κ2) is 32.8. The molecule has 0 unspecified atom stereocenters. The van der Waals surface area contributed by atoms with Gasteiger partial charge in [-0.05, 0) is 267 Å². The van der Waals surface area contributed by atoms with E-state index in [4.69, 9.17) is 8.83 Å². The lowest BCUT2D eigenvalue weighted by molar-refractivity contribution is 0.668. The van der Waals surface area contributed by atoms with Crippen LogP contribution in [0.15, 0.2) is 524 Å². The molecular weight excluding hydrogens is 1800 g/mol. The zero-order valence-corrected chi connectivity index (χ0v) is 79.9. The Labute approximate surface area is 837 Å². The fourth-order valence-corrected chi connectivity index (χ4v) is 29.1. The summed E-state index contributed by atoms with van der Waals surface area (Å²) in [4.78, 5) is 7.84. The third kappa shape index (κ3) is 12.4. The zero-order chi connectivity index (χ0) is 93.3. The molecule has 6 aliphatic rings. The van der Waals surface area contributed by atoms with Crippen molar-refractivity contribution in [2.24, 2.45) is 0 Å². The van der Waals surface area contributed by atoms with Gasteiger partial charge in [-0.25, -0.2) is 0 Å². The lowest BCUT2D eigenvalue weighted by Crippen LogP contribution is -2.32. The number of furan rings is 2. The Morgan fingerprint density at radius 1 is 0.169 bits per heavy atom. The van der Waals surface area contributed by atoms with Crippen molar-refractivity contribution in [2.75, 3.05) is 16.0 Å². The minimum absolute atomic E-state index is 0.367. The topological polar surface area (TPSA) is 62.4 Å². The van der Waals surface area contributed by atoms with Crippen molar-refractivity contribution in [3.05, 3.63) is 552 Å². The Kier molecular flexibility index (Phi) is 19.0. The van der Waals surface area contributed by atoms with E-state index in [0.29, 0.717) is 0 Å². The van der Waals surface area contributed by atoms with Gasteiger partial charge in [-0.15, -0.1) is 11.3 Å². The first-order chi connectivity index (χ1) is 70.4. The van der Waals surface area contributed by atoms with Crippen LogP contribution in [0.3, 0.4) is 0 Å². The second-order valence-electron chi connectivity index (χ2n) is 37.5. The number of thiophene rings is 1. The van der Waals surface area contributed by atoms with Gasteiger partial charge in [0.2, 0.25) is 0 Å². The Morgan fingerprint density at radius 3 is 0.951 bits per heavy atom. The number of fused-ring (bicyclic) bond motifs is 37. The van der Waals surface area contributed by atoms with E-state index < -0.39 is 10.8 Å². The maximum Gasteiger partial charge on any atom is 0.136 e. The van der Waals surface area contributed by atoms with E-state index in [2.05, 4.69) is 477 Å². The molecule has 0 saturated heterocycles. The number of hydrogen-bond acceptors (Lipinski definition) is 9. The number of rotatable bonds is 9. The smallest absolute Gasteiger partial charge is 0.136 e. The summed E-state index contributed by atoms with van der Waals surface area (Å²) in [5.74, 6) is 0. The maximum atomic E-state index is 6.27. The van der Waals surface area contributed by atoms with Crippen LogP contribution in [0.2, 0.25) is 0 Å². The highest BCUT2D eigenvalue weighted by atomic mass is 32.2. The number of para-hydroxylation sites is 3. The maximum absolute atomic E-state index is 6.27. The molecular formula is C133H83N3O2S4. The average molecular weight is 1880 g/mol. The summed E-state index contributed by atoms with van der Waals surface area (Å²) >= 11 is 7.50. The molecule has 5 nitrogen and oxygen atoms in total. The standard InChI is InChI=1S/C47H29NOS.C43H27NOS.C43H27NS2/c1-2-15-34-30(12-1)31(35-17-11-22-43-46(35)36-16-5-9-21-42(36)49-43)25-26-41(34)48-29-24-27-45-40(28-29)47(39-20-8-10-23-44(39)50-45)37-18-6-3-13-32(37)33-14-4-7-19-38(33)47;1-5-17-33-28(12-1)29-13-2-6-18-34(29)43(33)35-19-7-10-23-40(35)46-41-25-24-27(26-36(41)43)44-37-20-8-3-14-30(37)31-16-11-22-39-42(31)32-15-4-9-21-38(32)45-39;1-4-14-34-31(10-1)32-11-2-5-15-35(32)43(34)36-16-6-8-18-39(36)46-40-25-24-29(26-37(40)43)44-28-22-20-27(21-23-28)30-13-9-19-41-42(30)33-12-3-7-17-38(33)45-41/h1-28,48H;2*1-26,44H. The van der Waals surface area contributed by atoms with Gasteiger partial charge in [0.25, 0.3) is 0 Å². The molecule has 0 atom stereocenters. The molecule has 3 aliphatic carbocycles. The molecule has 0 bridgehead atoms. The Hall–Kier alpha value is -16.6. The molecule has 666 valence electrons. The van der Waals surface area contributed by atoms with Crippen molar-refractivity contribution in [3.63, 3.8) is 0 Å². The van der Waals surface area contributed by atoms with Crippen LogP contribution in [0, 0.1) is 0 Å². The molecule has 142 heavy (non-hydrogen) atoms. The summed E-state index contributed by atoms with van der Waals surface area (Å²) in [6, 6.07) is 177. The van der Waals surface area contributed by atoms with Crippen LogP contribution in [0.5, 0.6) is 0 Å². The molecule has 6 heterocycles. The number of hydrogen-bond donors (Lipinski definition) is 3. The van der Waals surface area contributed by atoms with Crippen molar-refractivity contribution in [1.29, 1.82) is 0 Å². The summed E-state index contributed by atoms with van der Waals surface area (Å²) in [6.45, 7) is 0. The van der Waals surface area contributed by atoms with Gasteiger partial charge >= 0.3 is 0 Å². The van der Waals surface area contributed by atoms with Gasteiger partial charge in [0.15, 0.2) is 0 Å². The second-order valence-corrected chi connectivity index (χ2v) is 41.8. The lowest BCUT2D eigenvalue weighted by Gasteiger charge is -2.40. The molecule has 31 rings (SSSR count). The van der Waals surface area contributed by atoms with E-state index >= 15 is 0 Å². The largest absolute Gasteiger partial charge is 0.456 e. The highest BCUT2D eigenvalue weighted by Gasteiger charge is 2.54. The zero-order valence-electron chi connectivity index (χ0n) is 76.6. The summed E-state index contributed by atoms with van der Waals surface area (Å²) in [7, 11) is 0. The van der Waals surface area contributed by atoms with E-state index in [1.54, 1.807) is 0 Å². The van der Waals surface area contributed by atoms with Gasteiger partial charge in [-0.2, -0.15) is 0 Å². The van der Waals surface area contributed by atoms with E-state index in [1.165, 1.54) is 183 Å². The Morgan fingerprint density at radius 2 is 0.486 bits per heavy atom. The number of nitrogens with one attached hydrogen (secondary N) is 3. The minimum atomic E-state index is -0.403. The van der Waals surface area contributed by atoms with Gasteiger partial charge < -0.3 is 24.8 Å². The molecule has 3 N–H and O–H groups in total. The summed E-state index contributed by atoms with van der Waals surface area (Å²) in [5.41, 5.74) is 40.2. The van der Waals surface area contributed by atoms with Crippen LogP contribution in [-0.4, -0.2) is 0 Å². The monoisotopic (exact) mass is 1880 g/mol. The lowest BCUT2D eigenvalue weighted by atomic mass is 9.67. The molecule has 3 spiro atoms. The molecule has 3 aliphatic heterocycles. The minimum Gasteiger partial charge on any atom is -0.456 e. The number of anilines is 6. The van der Waals surface area contributed by atoms with Gasteiger partial charge in [-0.3, -0.25) is 0 Å². The predicted octanol–water partition coefficient (Wildman–Crippen LogP) is 37.1. The Bertz CT molecular complexity index is 9430. The number of benzene rings is 22. The van der Waals surface area contributed by atoms with Crippen LogP contribution in [0.1, 0.15) is 66.8 Å².